The molecule has 0 bridgehead atoms. The Morgan fingerprint density at radius 3 is 2.48 bits per heavy atom. The van der Waals surface area contributed by atoms with E-state index >= 15 is 0 Å². The maximum Gasteiger partial charge on any atom is 0.231 e. The number of hydrogen-bond donors (Lipinski definition) is 0. The third-order valence-electron chi connectivity index (χ3n) is 4.22. The number of carbonyl (C=O) groups is 1. The molecular formula is C22H24N2O2S. The predicted molar refractivity (Wildman–Crippen MR) is 111 cm³/mol. The van der Waals surface area contributed by atoms with E-state index in [0.717, 1.165) is 22.8 Å². The monoisotopic (exact) mass is 380 g/mol. The molecule has 0 saturated carbocycles. The second kappa shape index (κ2) is 10.00. The van der Waals surface area contributed by atoms with Gasteiger partial charge in [-0.05, 0) is 18.9 Å². The van der Waals surface area contributed by atoms with Crippen LogP contribution >= 0.6 is 11.3 Å². The van der Waals surface area contributed by atoms with Crippen LogP contribution in [0.25, 0.3) is 11.3 Å². The number of anilines is 1. The summed E-state index contributed by atoms with van der Waals surface area (Å²) in [7, 11) is 0. The molecule has 1 aromatic heterocycles. The first kappa shape index (κ1) is 19.3. The molecule has 3 aromatic rings. The Morgan fingerprint density at radius 1 is 1.07 bits per heavy atom. The van der Waals surface area contributed by atoms with Gasteiger partial charge in [-0.2, -0.15) is 0 Å². The van der Waals surface area contributed by atoms with Crippen molar-refractivity contribution in [2.45, 2.75) is 19.8 Å². The van der Waals surface area contributed by atoms with Crippen molar-refractivity contribution in [1.29, 1.82) is 0 Å². The molecule has 27 heavy (non-hydrogen) atoms. The number of ether oxygens (including phenoxy) is 1. The van der Waals surface area contributed by atoms with Crippen LogP contribution < -0.4 is 4.90 Å². The minimum atomic E-state index is 0.0494. The first-order valence-electron chi connectivity index (χ1n) is 9.21. The molecule has 2 aromatic carbocycles. The van der Waals surface area contributed by atoms with E-state index in [0.29, 0.717) is 26.2 Å². The van der Waals surface area contributed by atoms with Gasteiger partial charge in [0.2, 0.25) is 5.91 Å². The summed E-state index contributed by atoms with van der Waals surface area (Å²) in [5, 5.41) is 2.75. The molecule has 0 atom stereocenters. The molecule has 0 aliphatic heterocycles. The Hall–Kier alpha value is -2.50. The molecule has 1 amide bonds. The number of amides is 1. The van der Waals surface area contributed by atoms with E-state index in [1.807, 2.05) is 60.8 Å². The zero-order chi connectivity index (χ0) is 18.9. The van der Waals surface area contributed by atoms with Crippen molar-refractivity contribution >= 4 is 22.4 Å². The summed E-state index contributed by atoms with van der Waals surface area (Å²) in [5.41, 5.74) is 3.17. The quantitative estimate of drug-likeness (QED) is 0.500. The molecular weight excluding hydrogens is 356 g/mol. The fourth-order valence-electron chi connectivity index (χ4n) is 2.78. The summed E-state index contributed by atoms with van der Waals surface area (Å²) >= 11 is 1.51. The zero-order valence-corrected chi connectivity index (χ0v) is 16.3. The van der Waals surface area contributed by atoms with Crippen LogP contribution in [-0.4, -0.2) is 30.6 Å². The molecule has 0 radical (unpaired) electrons. The van der Waals surface area contributed by atoms with E-state index < -0.39 is 0 Å². The maximum atomic E-state index is 12.8. The topological polar surface area (TPSA) is 42.4 Å². The summed E-state index contributed by atoms with van der Waals surface area (Å²) in [6, 6.07) is 20.3. The molecule has 0 fully saturated rings. The molecule has 4 nitrogen and oxygen atoms in total. The van der Waals surface area contributed by atoms with Gasteiger partial charge in [0.15, 0.2) is 5.13 Å². The molecule has 0 saturated heterocycles. The van der Waals surface area contributed by atoms with Gasteiger partial charge in [-0.25, -0.2) is 4.98 Å². The van der Waals surface area contributed by atoms with Crippen LogP contribution in [-0.2, 0) is 16.0 Å². The lowest BCUT2D eigenvalue weighted by Crippen LogP contribution is -2.33. The molecule has 0 aliphatic carbocycles. The molecule has 0 spiro atoms. The van der Waals surface area contributed by atoms with Gasteiger partial charge < -0.3 is 4.74 Å². The van der Waals surface area contributed by atoms with E-state index in [1.165, 1.54) is 16.9 Å². The Balaban J connectivity index is 1.76. The van der Waals surface area contributed by atoms with Crippen LogP contribution in [0, 0.1) is 0 Å². The number of carbonyl (C=O) groups excluding carboxylic acids is 1. The van der Waals surface area contributed by atoms with Crippen molar-refractivity contribution in [1.82, 2.24) is 4.98 Å². The van der Waals surface area contributed by atoms with Crippen molar-refractivity contribution in [2.75, 3.05) is 24.7 Å². The molecule has 0 N–H and O–H groups in total. The molecule has 0 aliphatic rings. The van der Waals surface area contributed by atoms with Gasteiger partial charge in [0.05, 0.1) is 18.7 Å². The fraction of sp³-hybridized carbons (Fsp3) is 0.273. The van der Waals surface area contributed by atoms with Gasteiger partial charge in [0.1, 0.15) is 0 Å². The largest absolute Gasteiger partial charge is 0.381 e. The molecule has 0 unspecified atom stereocenters. The number of rotatable bonds is 9. The van der Waals surface area contributed by atoms with Crippen LogP contribution in [0.4, 0.5) is 5.13 Å². The summed E-state index contributed by atoms with van der Waals surface area (Å²) in [4.78, 5) is 19.3. The standard InChI is InChI=1S/C22H24N2O2S/c1-2-26-16-14-21(25)24(15-13-18-9-5-3-6-10-18)22-23-20(17-27-22)19-11-7-4-8-12-19/h3-12,17H,2,13-16H2,1H3. The highest BCUT2D eigenvalue weighted by atomic mass is 32.1. The number of nitrogens with zero attached hydrogens (tertiary/aromatic N) is 2. The Labute approximate surface area is 164 Å². The summed E-state index contributed by atoms with van der Waals surface area (Å²) in [6.07, 6.45) is 1.16. The van der Waals surface area contributed by atoms with Gasteiger partial charge >= 0.3 is 0 Å². The van der Waals surface area contributed by atoms with E-state index in [9.17, 15) is 4.79 Å². The summed E-state index contributed by atoms with van der Waals surface area (Å²) in [6.45, 7) is 3.60. The van der Waals surface area contributed by atoms with E-state index in [-0.39, 0.29) is 5.91 Å². The van der Waals surface area contributed by atoms with E-state index in [4.69, 9.17) is 9.72 Å². The van der Waals surface area contributed by atoms with Crippen molar-refractivity contribution in [3.05, 3.63) is 71.6 Å². The molecule has 1 heterocycles. The van der Waals surface area contributed by atoms with Crippen molar-refractivity contribution < 1.29 is 9.53 Å². The lowest BCUT2D eigenvalue weighted by atomic mass is 10.1. The Bertz CT molecular complexity index is 834. The SMILES string of the molecule is CCOCCC(=O)N(CCc1ccccc1)c1nc(-c2ccccc2)cs1. The fourth-order valence-corrected chi connectivity index (χ4v) is 3.66. The van der Waals surface area contributed by atoms with Crippen molar-refractivity contribution in [3.8, 4) is 11.3 Å². The third kappa shape index (κ3) is 5.49. The van der Waals surface area contributed by atoms with Gasteiger partial charge in [0, 0.05) is 24.1 Å². The minimum Gasteiger partial charge on any atom is -0.381 e. The van der Waals surface area contributed by atoms with Gasteiger partial charge in [-0.1, -0.05) is 60.7 Å². The Morgan fingerprint density at radius 2 is 1.78 bits per heavy atom. The average Bonchev–Trinajstić information content (AvgIpc) is 3.20. The molecule has 3 rings (SSSR count). The lowest BCUT2D eigenvalue weighted by molar-refractivity contribution is -0.119. The zero-order valence-electron chi connectivity index (χ0n) is 15.5. The highest BCUT2D eigenvalue weighted by molar-refractivity contribution is 7.14. The lowest BCUT2D eigenvalue weighted by Gasteiger charge is -2.20. The van der Waals surface area contributed by atoms with Crippen LogP contribution in [0.2, 0.25) is 0 Å². The number of aromatic nitrogens is 1. The first-order chi connectivity index (χ1) is 13.3. The normalized spacial score (nSPS) is 10.7. The smallest absolute Gasteiger partial charge is 0.231 e. The molecule has 5 heteroatoms. The Kier molecular flexibility index (Phi) is 7.13. The second-order valence-corrected chi connectivity index (χ2v) is 6.95. The second-order valence-electron chi connectivity index (χ2n) is 6.11. The van der Waals surface area contributed by atoms with Crippen molar-refractivity contribution in [3.63, 3.8) is 0 Å². The molecule has 140 valence electrons. The van der Waals surface area contributed by atoms with Crippen molar-refractivity contribution in [2.24, 2.45) is 0 Å². The van der Waals surface area contributed by atoms with Gasteiger partial charge in [-0.3, -0.25) is 9.69 Å². The van der Waals surface area contributed by atoms with Crippen LogP contribution in [0.5, 0.6) is 0 Å². The van der Waals surface area contributed by atoms with Crippen LogP contribution in [0.3, 0.4) is 0 Å². The number of thiazole rings is 1. The maximum absolute atomic E-state index is 12.8. The van der Waals surface area contributed by atoms with Crippen LogP contribution in [0.15, 0.2) is 66.0 Å². The number of hydrogen-bond acceptors (Lipinski definition) is 4. The van der Waals surface area contributed by atoms with E-state index in [2.05, 4.69) is 12.1 Å². The number of benzene rings is 2. The predicted octanol–water partition coefficient (Wildman–Crippen LogP) is 4.81. The van der Waals surface area contributed by atoms with Gasteiger partial charge in [-0.15, -0.1) is 11.3 Å². The first-order valence-corrected chi connectivity index (χ1v) is 10.1. The average molecular weight is 381 g/mol. The van der Waals surface area contributed by atoms with Crippen LogP contribution in [0.1, 0.15) is 18.9 Å². The minimum absolute atomic E-state index is 0.0494. The third-order valence-corrected chi connectivity index (χ3v) is 5.09. The highest BCUT2D eigenvalue weighted by Gasteiger charge is 2.19. The van der Waals surface area contributed by atoms with Gasteiger partial charge in [0.25, 0.3) is 0 Å². The summed E-state index contributed by atoms with van der Waals surface area (Å²) < 4.78 is 5.36. The highest BCUT2D eigenvalue weighted by Crippen LogP contribution is 2.28. The van der Waals surface area contributed by atoms with E-state index in [1.54, 1.807) is 4.90 Å². The summed E-state index contributed by atoms with van der Waals surface area (Å²) in [5.74, 6) is 0.0494.